The predicted octanol–water partition coefficient (Wildman–Crippen LogP) is 3.36. The minimum atomic E-state index is -0.296. The van der Waals surface area contributed by atoms with Crippen molar-refractivity contribution < 1.29 is 9.47 Å². The molecule has 0 aliphatic rings. The molecule has 4 nitrogen and oxygen atoms in total. The van der Waals surface area contributed by atoms with Crippen LogP contribution in [-0.4, -0.2) is 19.2 Å². The van der Waals surface area contributed by atoms with E-state index in [-0.39, 0.29) is 6.04 Å². The molecule has 0 saturated heterocycles. The van der Waals surface area contributed by atoms with E-state index in [0.717, 1.165) is 18.0 Å². The molecule has 0 radical (unpaired) electrons. The van der Waals surface area contributed by atoms with Crippen LogP contribution in [0, 0.1) is 11.3 Å². The van der Waals surface area contributed by atoms with E-state index in [4.69, 9.17) is 14.7 Å². The number of rotatable bonds is 7. The van der Waals surface area contributed by atoms with Gasteiger partial charge in [-0.05, 0) is 42.9 Å². The molecular formula is C17H18N2O2. The van der Waals surface area contributed by atoms with Crippen LogP contribution in [0.5, 0.6) is 17.2 Å². The minimum Gasteiger partial charge on any atom is -0.491 e. The van der Waals surface area contributed by atoms with E-state index in [0.29, 0.717) is 12.4 Å². The summed E-state index contributed by atoms with van der Waals surface area (Å²) in [5.74, 6) is 2.26. The third-order valence-corrected chi connectivity index (χ3v) is 2.83. The Morgan fingerprint density at radius 2 is 1.62 bits per heavy atom. The Bertz CT molecular complexity index is 576. The van der Waals surface area contributed by atoms with E-state index >= 15 is 0 Å². The van der Waals surface area contributed by atoms with Crippen LogP contribution in [0.15, 0.2) is 54.6 Å². The Hall–Kier alpha value is -2.51. The Balaban J connectivity index is 1.89. The maximum atomic E-state index is 8.93. The Kier molecular flexibility index (Phi) is 5.62. The average molecular weight is 282 g/mol. The van der Waals surface area contributed by atoms with Crippen LogP contribution in [0.2, 0.25) is 0 Å². The van der Waals surface area contributed by atoms with Crippen molar-refractivity contribution in [2.45, 2.75) is 13.0 Å². The number of likely N-dealkylation sites (N-methyl/N-ethyl adjacent to an activating group) is 1. The Morgan fingerprint density at radius 1 is 1.00 bits per heavy atom. The maximum Gasteiger partial charge on any atom is 0.130 e. The standard InChI is InChI=1S/C17H18N2O2/c1-2-19-14(12-18)13-20-15-8-10-17(11-9-15)21-16-6-4-3-5-7-16/h3-11,14,19H,2,13H2,1H3. The molecule has 2 aromatic rings. The SMILES string of the molecule is CCNC(C#N)COc1ccc(Oc2ccccc2)cc1. The van der Waals surface area contributed by atoms with Crippen LogP contribution in [0.25, 0.3) is 0 Å². The van der Waals surface area contributed by atoms with Crippen LogP contribution in [-0.2, 0) is 0 Å². The summed E-state index contributed by atoms with van der Waals surface area (Å²) in [6.07, 6.45) is 0. The number of ether oxygens (including phenoxy) is 2. The first-order valence-electron chi connectivity index (χ1n) is 6.90. The van der Waals surface area contributed by atoms with E-state index in [1.807, 2.05) is 61.5 Å². The van der Waals surface area contributed by atoms with E-state index in [1.165, 1.54) is 0 Å². The second-order valence-corrected chi connectivity index (χ2v) is 4.44. The van der Waals surface area contributed by atoms with Gasteiger partial charge < -0.3 is 9.47 Å². The second-order valence-electron chi connectivity index (χ2n) is 4.44. The van der Waals surface area contributed by atoms with Gasteiger partial charge in [-0.2, -0.15) is 5.26 Å². The highest BCUT2D eigenvalue weighted by Crippen LogP contribution is 2.23. The number of hydrogen-bond acceptors (Lipinski definition) is 4. The molecule has 0 aromatic heterocycles. The third-order valence-electron chi connectivity index (χ3n) is 2.83. The lowest BCUT2D eigenvalue weighted by Gasteiger charge is -2.12. The van der Waals surface area contributed by atoms with Crippen molar-refractivity contribution >= 4 is 0 Å². The highest BCUT2D eigenvalue weighted by Gasteiger charge is 2.06. The van der Waals surface area contributed by atoms with Crippen molar-refractivity contribution in [1.82, 2.24) is 5.32 Å². The van der Waals surface area contributed by atoms with Crippen molar-refractivity contribution in [3.05, 3.63) is 54.6 Å². The molecule has 108 valence electrons. The van der Waals surface area contributed by atoms with Crippen molar-refractivity contribution in [1.29, 1.82) is 5.26 Å². The molecule has 1 unspecified atom stereocenters. The van der Waals surface area contributed by atoms with Crippen LogP contribution in [0.3, 0.4) is 0 Å². The Morgan fingerprint density at radius 3 is 2.24 bits per heavy atom. The number of nitriles is 1. The quantitative estimate of drug-likeness (QED) is 0.846. The summed E-state index contributed by atoms with van der Waals surface area (Å²) in [6, 6.07) is 18.8. The molecule has 0 bridgehead atoms. The monoisotopic (exact) mass is 282 g/mol. The molecule has 0 aliphatic heterocycles. The highest BCUT2D eigenvalue weighted by molar-refractivity contribution is 5.35. The van der Waals surface area contributed by atoms with Crippen molar-refractivity contribution in [2.24, 2.45) is 0 Å². The fourth-order valence-electron chi connectivity index (χ4n) is 1.80. The van der Waals surface area contributed by atoms with Crippen molar-refractivity contribution in [2.75, 3.05) is 13.2 Å². The van der Waals surface area contributed by atoms with Crippen molar-refractivity contribution in [3.8, 4) is 23.3 Å². The zero-order chi connectivity index (χ0) is 14.9. The topological polar surface area (TPSA) is 54.3 Å². The lowest BCUT2D eigenvalue weighted by Crippen LogP contribution is -2.32. The summed E-state index contributed by atoms with van der Waals surface area (Å²) in [7, 11) is 0. The molecule has 0 fully saturated rings. The molecule has 0 saturated carbocycles. The first kappa shape index (κ1) is 14.9. The van der Waals surface area contributed by atoms with Gasteiger partial charge in [0.1, 0.15) is 29.9 Å². The number of para-hydroxylation sites is 1. The van der Waals surface area contributed by atoms with Gasteiger partial charge in [0.05, 0.1) is 6.07 Å². The van der Waals surface area contributed by atoms with Crippen LogP contribution < -0.4 is 14.8 Å². The summed E-state index contributed by atoms with van der Waals surface area (Å²) in [6.45, 7) is 3.02. The molecule has 4 heteroatoms. The molecule has 0 aliphatic carbocycles. The van der Waals surface area contributed by atoms with E-state index in [1.54, 1.807) is 0 Å². The lowest BCUT2D eigenvalue weighted by molar-refractivity contribution is 0.290. The van der Waals surface area contributed by atoms with E-state index in [2.05, 4.69) is 11.4 Å². The molecule has 2 rings (SSSR count). The van der Waals surface area contributed by atoms with Gasteiger partial charge in [0.15, 0.2) is 0 Å². The summed E-state index contributed by atoms with van der Waals surface area (Å²) in [5.41, 5.74) is 0. The van der Waals surface area contributed by atoms with Gasteiger partial charge in [0.25, 0.3) is 0 Å². The number of nitrogens with zero attached hydrogens (tertiary/aromatic N) is 1. The number of hydrogen-bond donors (Lipinski definition) is 1. The average Bonchev–Trinajstić information content (AvgIpc) is 2.54. The third kappa shape index (κ3) is 4.83. The number of benzene rings is 2. The van der Waals surface area contributed by atoms with E-state index in [9.17, 15) is 0 Å². The van der Waals surface area contributed by atoms with Gasteiger partial charge in [-0.15, -0.1) is 0 Å². The number of nitrogens with one attached hydrogen (secondary N) is 1. The minimum absolute atomic E-state index is 0.296. The molecule has 0 heterocycles. The summed E-state index contributed by atoms with van der Waals surface area (Å²) < 4.78 is 11.3. The largest absolute Gasteiger partial charge is 0.491 e. The molecule has 0 spiro atoms. The summed E-state index contributed by atoms with van der Waals surface area (Å²) >= 11 is 0. The van der Waals surface area contributed by atoms with Crippen LogP contribution >= 0.6 is 0 Å². The Labute approximate surface area is 124 Å². The molecule has 2 aromatic carbocycles. The van der Waals surface area contributed by atoms with Crippen LogP contribution in [0.1, 0.15) is 6.92 Å². The van der Waals surface area contributed by atoms with Crippen LogP contribution in [0.4, 0.5) is 0 Å². The van der Waals surface area contributed by atoms with Gasteiger partial charge in [-0.1, -0.05) is 25.1 Å². The van der Waals surface area contributed by atoms with Gasteiger partial charge in [0.2, 0.25) is 0 Å². The summed E-state index contributed by atoms with van der Waals surface area (Å²) in [4.78, 5) is 0. The van der Waals surface area contributed by atoms with Gasteiger partial charge in [-0.3, -0.25) is 5.32 Å². The van der Waals surface area contributed by atoms with Crippen molar-refractivity contribution in [3.63, 3.8) is 0 Å². The molecule has 21 heavy (non-hydrogen) atoms. The van der Waals surface area contributed by atoms with Gasteiger partial charge in [-0.25, -0.2) is 0 Å². The second kappa shape index (κ2) is 7.93. The fraction of sp³-hybridized carbons (Fsp3) is 0.235. The van der Waals surface area contributed by atoms with E-state index < -0.39 is 0 Å². The predicted molar refractivity (Wildman–Crippen MR) is 81.5 cm³/mol. The first-order valence-corrected chi connectivity index (χ1v) is 6.90. The lowest BCUT2D eigenvalue weighted by atomic mass is 10.3. The first-order chi connectivity index (χ1) is 10.3. The smallest absolute Gasteiger partial charge is 0.130 e. The molecule has 0 amide bonds. The zero-order valence-corrected chi connectivity index (χ0v) is 12.0. The maximum absolute atomic E-state index is 8.93. The highest BCUT2D eigenvalue weighted by atomic mass is 16.5. The van der Waals surface area contributed by atoms with Gasteiger partial charge >= 0.3 is 0 Å². The molecular weight excluding hydrogens is 264 g/mol. The normalized spacial score (nSPS) is 11.4. The fourth-order valence-corrected chi connectivity index (χ4v) is 1.80. The molecule has 1 N–H and O–H groups in total. The van der Waals surface area contributed by atoms with Gasteiger partial charge in [0, 0.05) is 0 Å². The molecule has 1 atom stereocenters. The zero-order valence-electron chi connectivity index (χ0n) is 12.0. The summed E-state index contributed by atoms with van der Waals surface area (Å²) in [5, 5.41) is 12.0.